The third kappa shape index (κ3) is 5.76. The molecule has 0 radical (unpaired) electrons. The van der Waals surface area contributed by atoms with Crippen LogP contribution in [0.25, 0.3) is 0 Å². The molecule has 0 amide bonds. The molecule has 2 saturated carbocycles. The predicted octanol–water partition coefficient (Wildman–Crippen LogP) is 7.11. The molecular formula is C22H34FN. The van der Waals surface area contributed by atoms with Crippen LogP contribution in [-0.4, -0.2) is 0 Å². The van der Waals surface area contributed by atoms with Gasteiger partial charge in [0.15, 0.2) is 5.83 Å². The van der Waals surface area contributed by atoms with E-state index >= 15 is 0 Å². The minimum absolute atomic E-state index is 0.629. The zero-order valence-electron chi connectivity index (χ0n) is 15.4. The van der Waals surface area contributed by atoms with Crippen molar-refractivity contribution >= 4 is 0 Å². The minimum Gasteiger partial charge on any atom is -0.195 e. The Balaban J connectivity index is 1.69. The van der Waals surface area contributed by atoms with Crippen molar-refractivity contribution in [1.29, 1.82) is 5.26 Å². The van der Waals surface area contributed by atoms with Crippen LogP contribution in [0.3, 0.4) is 0 Å². The van der Waals surface area contributed by atoms with Gasteiger partial charge in [0.1, 0.15) is 6.07 Å². The van der Waals surface area contributed by atoms with E-state index in [0.29, 0.717) is 12.3 Å². The Morgan fingerprint density at radius 1 is 1.00 bits per heavy atom. The zero-order chi connectivity index (χ0) is 17.4. The molecule has 2 fully saturated rings. The van der Waals surface area contributed by atoms with Gasteiger partial charge in [0.25, 0.3) is 0 Å². The quantitative estimate of drug-likeness (QED) is 0.360. The van der Waals surface area contributed by atoms with Gasteiger partial charge < -0.3 is 0 Å². The number of nitriles is 1. The van der Waals surface area contributed by atoms with Crippen LogP contribution in [0.15, 0.2) is 24.1 Å². The van der Waals surface area contributed by atoms with E-state index in [-0.39, 0.29) is 0 Å². The van der Waals surface area contributed by atoms with E-state index in [1.165, 1.54) is 70.3 Å². The maximum atomic E-state index is 12.8. The van der Waals surface area contributed by atoms with Gasteiger partial charge >= 0.3 is 0 Å². The lowest BCUT2D eigenvalue weighted by Crippen LogP contribution is -2.23. The van der Waals surface area contributed by atoms with Crippen molar-refractivity contribution in [3.05, 3.63) is 24.1 Å². The summed E-state index contributed by atoms with van der Waals surface area (Å²) >= 11 is 0. The molecule has 0 N–H and O–H groups in total. The van der Waals surface area contributed by atoms with Gasteiger partial charge in [-0.15, -0.1) is 0 Å². The van der Waals surface area contributed by atoms with Crippen molar-refractivity contribution < 1.29 is 4.39 Å². The fourth-order valence-corrected chi connectivity index (χ4v) is 4.88. The molecule has 0 saturated heterocycles. The second-order valence-corrected chi connectivity index (χ2v) is 8.04. The van der Waals surface area contributed by atoms with E-state index in [9.17, 15) is 4.39 Å². The molecule has 134 valence electrons. The summed E-state index contributed by atoms with van der Waals surface area (Å²) in [6, 6.07) is 1.55. The number of hydrogen-bond acceptors (Lipinski definition) is 1. The average molecular weight is 332 g/mol. The predicted molar refractivity (Wildman–Crippen MR) is 99.0 cm³/mol. The molecule has 0 aromatic rings. The van der Waals surface area contributed by atoms with E-state index in [2.05, 4.69) is 13.5 Å². The molecule has 1 nitrogen and oxygen atoms in total. The van der Waals surface area contributed by atoms with Gasteiger partial charge in [0.2, 0.25) is 0 Å². The maximum absolute atomic E-state index is 12.8. The number of halogens is 1. The zero-order valence-corrected chi connectivity index (χ0v) is 15.4. The standard InChI is InChI=1S/C22H34FN/c1-3-5-18-8-12-20(13-9-18)17(2)21-14-10-19(11-15-21)6-4-7-22(23)16-24/h7,18-21H,2-6,8-15H2,1H3/b22-7-. The molecule has 0 heterocycles. The van der Waals surface area contributed by atoms with Gasteiger partial charge in [-0.2, -0.15) is 9.65 Å². The topological polar surface area (TPSA) is 23.8 Å². The average Bonchev–Trinajstić information content (AvgIpc) is 2.62. The van der Waals surface area contributed by atoms with Crippen LogP contribution in [0.5, 0.6) is 0 Å². The van der Waals surface area contributed by atoms with Gasteiger partial charge in [-0.25, -0.2) is 0 Å². The monoisotopic (exact) mass is 331 g/mol. The highest BCUT2D eigenvalue weighted by molar-refractivity contribution is 5.11. The molecule has 24 heavy (non-hydrogen) atoms. The lowest BCUT2D eigenvalue weighted by molar-refractivity contribution is 0.241. The molecular weight excluding hydrogens is 297 g/mol. The first kappa shape index (κ1) is 19.2. The van der Waals surface area contributed by atoms with Gasteiger partial charge in [0, 0.05) is 0 Å². The van der Waals surface area contributed by atoms with Crippen LogP contribution >= 0.6 is 0 Å². The Bertz CT molecular complexity index is 457. The lowest BCUT2D eigenvalue weighted by Gasteiger charge is -2.36. The second-order valence-electron chi connectivity index (χ2n) is 8.04. The minimum atomic E-state index is -0.629. The van der Waals surface area contributed by atoms with Crippen LogP contribution in [0.1, 0.15) is 84.0 Å². The van der Waals surface area contributed by atoms with Crippen LogP contribution in [-0.2, 0) is 0 Å². The highest BCUT2D eigenvalue weighted by Crippen LogP contribution is 2.42. The van der Waals surface area contributed by atoms with Gasteiger partial charge in [-0.1, -0.05) is 31.9 Å². The summed E-state index contributed by atoms with van der Waals surface area (Å²) in [5.41, 5.74) is 1.54. The van der Waals surface area contributed by atoms with Gasteiger partial charge in [0.05, 0.1) is 0 Å². The molecule has 0 bridgehead atoms. The van der Waals surface area contributed by atoms with E-state index < -0.39 is 5.83 Å². The molecule has 0 aromatic carbocycles. The maximum Gasteiger partial charge on any atom is 0.196 e. The van der Waals surface area contributed by atoms with Crippen LogP contribution in [0.4, 0.5) is 4.39 Å². The summed E-state index contributed by atoms with van der Waals surface area (Å²) in [5, 5.41) is 8.43. The van der Waals surface area contributed by atoms with Crippen molar-refractivity contribution in [2.45, 2.75) is 84.0 Å². The Morgan fingerprint density at radius 2 is 1.50 bits per heavy atom. The second kappa shape index (κ2) is 10.0. The third-order valence-electron chi connectivity index (χ3n) is 6.44. The molecule has 0 aromatic heterocycles. The first-order valence-corrected chi connectivity index (χ1v) is 10.1. The molecule has 0 atom stereocenters. The first-order chi connectivity index (χ1) is 11.6. The smallest absolute Gasteiger partial charge is 0.195 e. The fourth-order valence-electron chi connectivity index (χ4n) is 4.88. The summed E-state index contributed by atoms with van der Waals surface area (Å²) in [7, 11) is 0. The Hall–Kier alpha value is -1.10. The van der Waals surface area contributed by atoms with Crippen molar-refractivity contribution in [2.75, 3.05) is 0 Å². The van der Waals surface area contributed by atoms with Crippen molar-refractivity contribution in [1.82, 2.24) is 0 Å². The number of allylic oxidation sites excluding steroid dienone is 3. The molecule has 2 heteroatoms. The number of hydrogen-bond donors (Lipinski definition) is 0. The van der Waals surface area contributed by atoms with Gasteiger partial charge in [-0.3, -0.25) is 0 Å². The number of nitrogens with zero attached hydrogens (tertiary/aromatic N) is 1. The Kier molecular flexibility index (Phi) is 8.03. The first-order valence-electron chi connectivity index (χ1n) is 10.1. The highest BCUT2D eigenvalue weighted by atomic mass is 19.1. The normalized spacial score (nSPS) is 31.5. The molecule has 2 rings (SSSR count). The van der Waals surface area contributed by atoms with E-state index in [4.69, 9.17) is 5.26 Å². The Morgan fingerprint density at radius 3 is 1.96 bits per heavy atom. The van der Waals surface area contributed by atoms with Crippen LogP contribution in [0, 0.1) is 35.0 Å². The highest BCUT2D eigenvalue weighted by Gasteiger charge is 2.29. The van der Waals surface area contributed by atoms with Crippen molar-refractivity contribution in [3.8, 4) is 6.07 Å². The van der Waals surface area contributed by atoms with E-state index in [1.807, 2.05) is 0 Å². The lowest BCUT2D eigenvalue weighted by atomic mass is 9.70. The number of rotatable bonds is 7. The SMILES string of the molecule is C=C(C1CCC(CCC)CC1)C1CCC(CC/C=C(\F)C#N)CC1. The molecule has 0 unspecified atom stereocenters. The summed E-state index contributed by atoms with van der Waals surface area (Å²) in [5.74, 6) is 2.54. The summed E-state index contributed by atoms with van der Waals surface area (Å²) in [4.78, 5) is 0. The summed E-state index contributed by atoms with van der Waals surface area (Å²) in [6.45, 7) is 6.80. The summed E-state index contributed by atoms with van der Waals surface area (Å²) in [6.07, 6.45) is 16.5. The third-order valence-corrected chi connectivity index (χ3v) is 6.44. The Labute approximate surface area is 148 Å². The molecule has 2 aliphatic rings. The van der Waals surface area contributed by atoms with Crippen molar-refractivity contribution in [2.24, 2.45) is 23.7 Å². The molecule has 0 aliphatic heterocycles. The largest absolute Gasteiger partial charge is 0.196 e. The summed E-state index contributed by atoms with van der Waals surface area (Å²) < 4.78 is 12.8. The van der Waals surface area contributed by atoms with Crippen molar-refractivity contribution in [3.63, 3.8) is 0 Å². The van der Waals surface area contributed by atoms with E-state index in [0.717, 1.165) is 24.2 Å². The van der Waals surface area contributed by atoms with Crippen LogP contribution < -0.4 is 0 Å². The fraction of sp³-hybridized carbons (Fsp3) is 0.773. The molecule has 2 aliphatic carbocycles. The van der Waals surface area contributed by atoms with Gasteiger partial charge in [-0.05, 0) is 94.0 Å². The molecule has 0 spiro atoms. The van der Waals surface area contributed by atoms with E-state index in [1.54, 1.807) is 11.6 Å². The van der Waals surface area contributed by atoms with Crippen LogP contribution in [0.2, 0.25) is 0 Å².